The molecule has 1 amide bonds. The third kappa shape index (κ3) is 4.02. The van der Waals surface area contributed by atoms with Crippen molar-refractivity contribution in [1.29, 1.82) is 0 Å². The van der Waals surface area contributed by atoms with Crippen LogP contribution in [-0.4, -0.2) is 28.6 Å². The zero-order chi connectivity index (χ0) is 17.0. The number of ether oxygens (including phenoxy) is 1. The quantitative estimate of drug-likeness (QED) is 0.682. The van der Waals surface area contributed by atoms with Gasteiger partial charge in [-0.15, -0.1) is 0 Å². The number of amides is 1. The summed E-state index contributed by atoms with van der Waals surface area (Å²) in [5.41, 5.74) is 2.94. The van der Waals surface area contributed by atoms with Crippen LogP contribution in [-0.2, 0) is 16.6 Å². The Kier molecular flexibility index (Phi) is 6.30. The van der Waals surface area contributed by atoms with Gasteiger partial charge in [0.05, 0.1) is 19.0 Å². The van der Waals surface area contributed by atoms with Gasteiger partial charge >= 0.3 is 5.91 Å². The van der Waals surface area contributed by atoms with Crippen LogP contribution in [0.2, 0.25) is 0 Å². The molecule has 0 saturated carbocycles. The molecule has 0 aromatic carbocycles. The van der Waals surface area contributed by atoms with Crippen LogP contribution in [0.4, 0.5) is 0 Å². The van der Waals surface area contributed by atoms with Crippen molar-refractivity contribution < 1.29 is 9.53 Å². The first-order chi connectivity index (χ1) is 11.0. The molecule has 126 valence electrons. The van der Waals surface area contributed by atoms with Gasteiger partial charge in [0.25, 0.3) is 0 Å². The summed E-state index contributed by atoms with van der Waals surface area (Å²) in [5, 5.41) is 6.80. The highest BCUT2D eigenvalue weighted by molar-refractivity contribution is 6.09. The third-order valence-electron chi connectivity index (χ3n) is 3.30. The molecule has 0 spiro atoms. The molecule has 0 atom stereocenters. The lowest BCUT2D eigenvalue weighted by atomic mass is 10.0. The van der Waals surface area contributed by atoms with Gasteiger partial charge in [0.2, 0.25) is 0 Å². The fourth-order valence-corrected chi connectivity index (χ4v) is 2.16. The predicted octanol–water partition coefficient (Wildman–Crippen LogP) is 2.43. The summed E-state index contributed by atoms with van der Waals surface area (Å²) in [4.78, 5) is 16.1. The second kappa shape index (κ2) is 7.97. The van der Waals surface area contributed by atoms with Crippen LogP contribution in [0.25, 0.3) is 5.57 Å². The van der Waals surface area contributed by atoms with Gasteiger partial charge in [-0.3, -0.25) is 9.48 Å². The molecule has 0 fully saturated rings. The fraction of sp³-hybridized carbons (Fsp3) is 0.278. The summed E-state index contributed by atoms with van der Waals surface area (Å²) < 4.78 is 6.91. The summed E-state index contributed by atoms with van der Waals surface area (Å²) in [6.45, 7) is 9.56. The van der Waals surface area contributed by atoms with E-state index in [1.807, 2.05) is 13.2 Å². The maximum Gasteiger partial charge on any atom is 0.301 e. The molecule has 6 nitrogen and oxygen atoms in total. The largest absolute Gasteiger partial charge is 0.497 e. The van der Waals surface area contributed by atoms with Gasteiger partial charge in [0, 0.05) is 36.4 Å². The number of amidine groups is 1. The molecule has 1 aromatic rings. The SMILES string of the molecule is C.C=C(OC)C1=C(C(=C)c2cnn(C)c2)N=C(NC(=O)C#CC)C1. The molecule has 2 heterocycles. The monoisotopic (exact) mass is 326 g/mol. The molecule has 2 rings (SSSR count). The van der Waals surface area contributed by atoms with Crippen molar-refractivity contribution >= 4 is 17.3 Å². The Morgan fingerprint density at radius 1 is 1.46 bits per heavy atom. The molecule has 0 radical (unpaired) electrons. The first-order valence-corrected chi connectivity index (χ1v) is 6.92. The highest BCUT2D eigenvalue weighted by Crippen LogP contribution is 2.33. The number of nitrogens with one attached hydrogen (secondary N) is 1. The Bertz CT molecular complexity index is 800. The number of aryl methyl sites for hydroxylation is 1. The molecule has 1 aliphatic heterocycles. The van der Waals surface area contributed by atoms with Crippen molar-refractivity contribution in [3.05, 3.63) is 48.1 Å². The van der Waals surface area contributed by atoms with Gasteiger partial charge in [-0.25, -0.2) is 4.99 Å². The van der Waals surface area contributed by atoms with E-state index in [1.54, 1.807) is 24.9 Å². The second-order valence-electron chi connectivity index (χ2n) is 4.90. The molecular weight excluding hydrogens is 304 g/mol. The van der Waals surface area contributed by atoms with E-state index >= 15 is 0 Å². The van der Waals surface area contributed by atoms with Gasteiger partial charge in [0.15, 0.2) is 0 Å². The van der Waals surface area contributed by atoms with Crippen molar-refractivity contribution in [2.75, 3.05) is 7.11 Å². The number of hydrogen-bond acceptors (Lipinski definition) is 4. The first-order valence-electron chi connectivity index (χ1n) is 6.92. The molecule has 0 bridgehead atoms. The Labute approximate surface area is 142 Å². The zero-order valence-corrected chi connectivity index (χ0v) is 13.4. The molecule has 6 heteroatoms. The maximum absolute atomic E-state index is 11.6. The van der Waals surface area contributed by atoms with Gasteiger partial charge in [0.1, 0.15) is 11.6 Å². The molecule has 24 heavy (non-hydrogen) atoms. The van der Waals surface area contributed by atoms with Crippen LogP contribution in [0.1, 0.15) is 26.3 Å². The summed E-state index contributed by atoms with van der Waals surface area (Å²) in [7, 11) is 3.37. The first kappa shape index (κ1) is 19.0. The molecule has 0 saturated heterocycles. The van der Waals surface area contributed by atoms with Crippen LogP contribution in [0.5, 0.6) is 0 Å². The number of rotatable bonds is 4. The minimum Gasteiger partial charge on any atom is -0.497 e. The Morgan fingerprint density at radius 2 is 2.17 bits per heavy atom. The van der Waals surface area contributed by atoms with Crippen LogP contribution in [0.15, 0.2) is 47.6 Å². The van der Waals surface area contributed by atoms with E-state index in [4.69, 9.17) is 4.74 Å². The molecule has 0 aliphatic carbocycles. The zero-order valence-electron chi connectivity index (χ0n) is 13.4. The number of carbonyl (C=O) groups excluding carboxylic acids is 1. The summed E-state index contributed by atoms with van der Waals surface area (Å²) in [6, 6.07) is 0. The van der Waals surface area contributed by atoms with Crippen molar-refractivity contribution in [1.82, 2.24) is 15.1 Å². The molecule has 0 unspecified atom stereocenters. The maximum atomic E-state index is 11.6. The lowest BCUT2D eigenvalue weighted by Gasteiger charge is -2.09. The summed E-state index contributed by atoms with van der Waals surface area (Å²) in [5.74, 6) is 5.54. The number of aliphatic imine (C=N–C) groups is 1. The summed E-state index contributed by atoms with van der Waals surface area (Å²) >= 11 is 0. The molecule has 1 N–H and O–H groups in total. The van der Waals surface area contributed by atoms with Crippen molar-refractivity contribution in [2.45, 2.75) is 20.8 Å². The van der Waals surface area contributed by atoms with Gasteiger partial charge in [-0.2, -0.15) is 5.10 Å². The van der Waals surface area contributed by atoms with E-state index in [9.17, 15) is 4.79 Å². The Balaban J connectivity index is 0.00000288. The predicted molar refractivity (Wildman–Crippen MR) is 95.8 cm³/mol. The van der Waals surface area contributed by atoms with E-state index in [0.29, 0.717) is 29.3 Å². The molecular formula is C18H22N4O2. The fourth-order valence-electron chi connectivity index (χ4n) is 2.16. The van der Waals surface area contributed by atoms with Crippen LogP contribution in [0, 0.1) is 11.8 Å². The van der Waals surface area contributed by atoms with E-state index in [1.165, 1.54) is 0 Å². The van der Waals surface area contributed by atoms with Crippen LogP contribution in [0.3, 0.4) is 0 Å². The van der Waals surface area contributed by atoms with Crippen molar-refractivity contribution in [3.8, 4) is 11.8 Å². The Hall–Kier alpha value is -3.07. The average molecular weight is 326 g/mol. The van der Waals surface area contributed by atoms with Crippen molar-refractivity contribution in [3.63, 3.8) is 0 Å². The smallest absolute Gasteiger partial charge is 0.301 e. The van der Waals surface area contributed by atoms with Gasteiger partial charge in [-0.05, 0) is 12.8 Å². The lowest BCUT2D eigenvalue weighted by molar-refractivity contribution is -0.114. The molecule has 1 aliphatic rings. The van der Waals surface area contributed by atoms with E-state index in [-0.39, 0.29) is 7.43 Å². The highest BCUT2D eigenvalue weighted by atomic mass is 16.5. The minimum absolute atomic E-state index is 0. The van der Waals surface area contributed by atoms with Gasteiger partial charge < -0.3 is 10.1 Å². The van der Waals surface area contributed by atoms with Crippen molar-refractivity contribution in [2.24, 2.45) is 12.0 Å². The number of aromatic nitrogens is 2. The van der Waals surface area contributed by atoms with E-state index in [2.05, 4.69) is 40.4 Å². The van der Waals surface area contributed by atoms with E-state index in [0.717, 1.165) is 11.1 Å². The second-order valence-corrected chi connectivity index (χ2v) is 4.90. The standard InChI is InChI=1S/C17H18N4O2.CH4/c1-6-7-16(22)19-15-8-14(12(3)23-5)17(20-15)11(2)13-9-18-21(4)10-13;/h9-10H,2-3,8H2,1,4-5H3,(H,19,20,22);1H4. The average Bonchev–Trinajstić information content (AvgIpc) is 3.12. The number of nitrogens with zero attached hydrogens (tertiary/aromatic N) is 3. The third-order valence-corrected chi connectivity index (χ3v) is 3.30. The van der Waals surface area contributed by atoms with E-state index < -0.39 is 5.91 Å². The number of methoxy groups -OCH3 is 1. The summed E-state index contributed by atoms with van der Waals surface area (Å²) in [6.07, 6.45) is 3.95. The highest BCUT2D eigenvalue weighted by Gasteiger charge is 2.24. The van der Waals surface area contributed by atoms with Gasteiger partial charge in [-0.1, -0.05) is 26.5 Å². The Morgan fingerprint density at radius 3 is 2.71 bits per heavy atom. The number of hydrogen-bond donors (Lipinski definition) is 1. The van der Waals surface area contributed by atoms with Crippen LogP contribution < -0.4 is 5.32 Å². The lowest BCUT2D eigenvalue weighted by Crippen LogP contribution is -2.28. The minimum atomic E-state index is -0.401. The molecule has 1 aromatic heterocycles. The normalized spacial score (nSPS) is 12.5. The topological polar surface area (TPSA) is 68.5 Å². The number of allylic oxidation sites excluding steroid dienone is 2. The number of carbonyl (C=O) groups is 1. The van der Waals surface area contributed by atoms with Crippen LogP contribution >= 0.6 is 0 Å².